The smallest absolute Gasteiger partial charge is 0.244 e. The summed E-state index contributed by atoms with van der Waals surface area (Å²) in [5.74, 6) is -0.495. The molecule has 0 radical (unpaired) electrons. The van der Waals surface area contributed by atoms with E-state index in [9.17, 15) is 9.59 Å². The van der Waals surface area contributed by atoms with E-state index in [2.05, 4.69) is 15.6 Å². The highest BCUT2D eigenvalue weighted by molar-refractivity contribution is 7.18. The fourth-order valence-corrected chi connectivity index (χ4v) is 3.57. The fourth-order valence-electron chi connectivity index (χ4n) is 2.52. The van der Waals surface area contributed by atoms with Gasteiger partial charge in [0.2, 0.25) is 11.8 Å². The second-order valence-corrected chi connectivity index (χ2v) is 7.69. The Balaban J connectivity index is 1.52. The summed E-state index contributed by atoms with van der Waals surface area (Å²) < 4.78 is 1.07. The summed E-state index contributed by atoms with van der Waals surface area (Å²) in [7, 11) is 1.59. The first-order valence-electron chi connectivity index (χ1n) is 8.32. The van der Waals surface area contributed by atoms with Gasteiger partial charge in [-0.2, -0.15) is 0 Å². The largest absolute Gasteiger partial charge is 0.376 e. The molecule has 0 saturated carbocycles. The van der Waals surface area contributed by atoms with E-state index in [0.29, 0.717) is 10.7 Å². The minimum absolute atomic E-state index is 0.0567. The van der Waals surface area contributed by atoms with Crippen LogP contribution in [0.15, 0.2) is 42.5 Å². The van der Waals surface area contributed by atoms with Gasteiger partial charge in [0.25, 0.3) is 0 Å². The second-order valence-electron chi connectivity index (χ2n) is 6.05. The van der Waals surface area contributed by atoms with Gasteiger partial charge in [-0.05, 0) is 37.3 Å². The van der Waals surface area contributed by atoms with Crippen LogP contribution in [-0.4, -0.2) is 41.8 Å². The topological polar surface area (TPSA) is 74.3 Å². The number of aryl methyl sites for hydroxylation is 1. The molecule has 0 spiro atoms. The maximum Gasteiger partial charge on any atom is 0.244 e. The molecule has 2 amide bonds. The number of amides is 2. The summed E-state index contributed by atoms with van der Waals surface area (Å²) >= 11 is 7.63. The molecular weight excluding hydrogens is 384 g/mol. The number of hydrogen-bond donors (Lipinski definition) is 2. The zero-order valence-corrected chi connectivity index (χ0v) is 16.5. The first-order chi connectivity index (χ1) is 12.9. The first-order valence-corrected chi connectivity index (χ1v) is 9.51. The van der Waals surface area contributed by atoms with Gasteiger partial charge in [0.15, 0.2) is 0 Å². The first kappa shape index (κ1) is 19.1. The van der Waals surface area contributed by atoms with E-state index < -0.39 is 0 Å². The van der Waals surface area contributed by atoms with Crippen molar-refractivity contribution < 1.29 is 9.59 Å². The van der Waals surface area contributed by atoms with Crippen LogP contribution in [0.25, 0.3) is 10.2 Å². The van der Waals surface area contributed by atoms with Crippen molar-refractivity contribution in [3.63, 3.8) is 0 Å². The van der Waals surface area contributed by atoms with Gasteiger partial charge in [-0.1, -0.05) is 23.7 Å². The SMILES string of the molecule is Cc1nc2ccc(NCC(=O)N(C)CC(=O)Nc3ccccc3Cl)cc2s1. The number of nitrogens with one attached hydrogen (secondary N) is 2. The van der Waals surface area contributed by atoms with E-state index >= 15 is 0 Å². The van der Waals surface area contributed by atoms with Crippen molar-refractivity contribution in [2.24, 2.45) is 0 Å². The molecule has 3 rings (SSSR count). The normalized spacial score (nSPS) is 10.6. The van der Waals surface area contributed by atoms with E-state index in [1.807, 2.05) is 25.1 Å². The molecule has 0 fully saturated rings. The highest BCUT2D eigenvalue weighted by Crippen LogP contribution is 2.24. The van der Waals surface area contributed by atoms with Crippen molar-refractivity contribution in [1.82, 2.24) is 9.88 Å². The maximum absolute atomic E-state index is 12.3. The van der Waals surface area contributed by atoms with Crippen molar-refractivity contribution in [2.75, 3.05) is 30.8 Å². The van der Waals surface area contributed by atoms with E-state index in [4.69, 9.17) is 11.6 Å². The molecule has 3 aromatic rings. The number of fused-ring (bicyclic) bond motifs is 1. The number of carbonyl (C=O) groups is 2. The van der Waals surface area contributed by atoms with Gasteiger partial charge >= 0.3 is 0 Å². The highest BCUT2D eigenvalue weighted by Gasteiger charge is 2.14. The molecule has 0 unspecified atom stereocenters. The van der Waals surface area contributed by atoms with Crippen LogP contribution in [-0.2, 0) is 9.59 Å². The zero-order valence-electron chi connectivity index (χ0n) is 15.0. The van der Waals surface area contributed by atoms with Crippen molar-refractivity contribution >= 4 is 56.3 Å². The average molecular weight is 403 g/mol. The zero-order chi connectivity index (χ0) is 19.4. The molecule has 1 heterocycles. The standard InChI is InChI=1S/C19H19ClN4O2S/c1-12-22-16-8-7-13(9-17(16)27-12)21-10-19(26)24(2)11-18(25)23-15-6-4-3-5-14(15)20/h3-9,21H,10-11H2,1-2H3,(H,23,25). The number of benzene rings is 2. The van der Waals surface area contributed by atoms with Crippen molar-refractivity contribution in [3.8, 4) is 0 Å². The Hall–Kier alpha value is -2.64. The number of likely N-dealkylation sites (N-methyl/N-ethyl adjacent to an activating group) is 1. The monoisotopic (exact) mass is 402 g/mol. The third kappa shape index (κ3) is 4.96. The lowest BCUT2D eigenvalue weighted by molar-refractivity contribution is -0.131. The van der Waals surface area contributed by atoms with Gasteiger partial charge in [-0.25, -0.2) is 4.98 Å². The van der Waals surface area contributed by atoms with E-state index in [1.165, 1.54) is 4.90 Å². The quantitative estimate of drug-likeness (QED) is 0.658. The Morgan fingerprint density at radius 3 is 2.78 bits per heavy atom. The number of carbonyl (C=O) groups excluding carboxylic acids is 2. The van der Waals surface area contributed by atoms with Crippen LogP contribution in [0, 0.1) is 6.92 Å². The molecule has 0 saturated heterocycles. The lowest BCUT2D eigenvalue weighted by Crippen LogP contribution is -2.38. The predicted octanol–water partition coefficient (Wildman–Crippen LogP) is 3.77. The molecule has 27 heavy (non-hydrogen) atoms. The van der Waals surface area contributed by atoms with Crippen LogP contribution in [0.2, 0.25) is 5.02 Å². The van der Waals surface area contributed by atoms with Gasteiger partial charge in [-0.3, -0.25) is 9.59 Å². The summed E-state index contributed by atoms with van der Waals surface area (Å²) in [5, 5.41) is 7.25. The molecule has 0 aliphatic heterocycles. The molecule has 2 N–H and O–H groups in total. The fraction of sp³-hybridized carbons (Fsp3) is 0.211. The number of thiazole rings is 1. The van der Waals surface area contributed by atoms with Gasteiger partial charge in [0.1, 0.15) is 0 Å². The van der Waals surface area contributed by atoms with Crippen molar-refractivity contribution in [1.29, 1.82) is 0 Å². The molecule has 6 nitrogen and oxygen atoms in total. The molecule has 140 valence electrons. The molecule has 0 aliphatic rings. The molecule has 0 aliphatic carbocycles. The molecule has 1 aromatic heterocycles. The third-order valence-corrected chi connectivity index (χ3v) is 5.16. The summed E-state index contributed by atoms with van der Waals surface area (Å²) in [6.07, 6.45) is 0. The maximum atomic E-state index is 12.3. The van der Waals surface area contributed by atoms with Crippen molar-refractivity contribution in [3.05, 3.63) is 52.5 Å². The molecule has 0 atom stereocenters. The Labute approximate surface area is 166 Å². The van der Waals surface area contributed by atoms with E-state index in [-0.39, 0.29) is 24.9 Å². The lowest BCUT2D eigenvalue weighted by Gasteiger charge is -2.18. The van der Waals surface area contributed by atoms with E-state index in [1.54, 1.807) is 42.6 Å². The summed E-state index contributed by atoms with van der Waals surface area (Å²) in [4.78, 5) is 30.2. The average Bonchev–Trinajstić information content (AvgIpc) is 3.00. The van der Waals surface area contributed by atoms with Crippen LogP contribution in [0.5, 0.6) is 0 Å². The highest BCUT2D eigenvalue weighted by atomic mass is 35.5. The van der Waals surface area contributed by atoms with Crippen LogP contribution >= 0.6 is 22.9 Å². The Kier molecular flexibility index (Phi) is 5.93. The molecule has 2 aromatic carbocycles. The summed E-state index contributed by atoms with van der Waals surface area (Å²) in [6.45, 7) is 2.00. The summed E-state index contributed by atoms with van der Waals surface area (Å²) in [6, 6.07) is 12.7. The van der Waals surface area contributed by atoms with Gasteiger partial charge in [0, 0.05) is 12.7 Å². The van der Waals surface area contributed by atoms with Crippen LogP contribution in [0.4, 0.5) is 11.4 Å². The van der Waals surface area contributed by atoms with Crippen LogP contribution in [0.1, 0.15) is 5.01 Å². The van der Waals surface area contributed by atoms with Gasteiger partial charge in [0.05, 0.1) is 39.0 Å². The Bertz CT molecular complexity index is 989. The molecule has 0 bridgehead atoms. The number of hydrogen-bond acceptors (Lipinski definition) is 5. The third-order valence-electron chi connectivity index (χ3n) is 3.89. The second kappa shape index (κ2) is 8.37. The Morgan fingerprint density at radius 1 is 1.22 bits per heavy atom. The number of nitrogens with zero attached hydrogens (tertiary/aromatic N) is 2. The van der Waals surface area contributed by atoms with E-state index in [0.717, 1.165) is 20.9 Å². The number of aromatic nitrogens is 1. The number of rotatable bonds is 6. The molecule has 8 heteroatoms. The number of para-hydroxylation sites is 1. The van der Waals surface area contributed by atoms with Crippen LogP contribution in [0.3, 0.4) is 0 Å². The predicted molar refractivity (Wildman–Crippen MR) is 111 cm³/mol. The van der Waals surface area contributed by atoms with Crippen LogP contribution < -0.4 is 10.6 Å². The lowest BCUT2D eigenvalue weighted by atomic mass is 10.3. The molecular formula is C19H19ClN4O2S. The number of anilines is 2. The number of halogens is 1. The van der Waals surface area contributed by atoms with Gasteiger partial charge < -0.3 is 15.5 Å². The van der Waals surface area contributed by atoms with Gasteiger partial charge in [-0.15, -0.1) is 11.3 Å². The minimum Gasteiger partial charge on any atom is -0.376 e. The Morgan fingerprint density at radius 2 is 2.00 bits per heavy atom. The summed E-state index contributed by atoms with van der Waals surface area (Å²) in [5.41, 5.74) is 2.31. The van der Waals surface area contributed by atoms with Crippen molar-refractivity contribution in [2.45, 2.75) is 6.92 Å². The minimum atomic E-state index is -0.305.